The molecule has 1 atom stereocenters. The first-order valence-corrected chi connectivity index (χ1v) is 9.12. The number of amides is 2. The molecule has 1 aromatic carbocycles. The predicted octanol–water partition coefficient (Wildman–Crippen LogP) is 2.01. The highest BCUT2D eigenvalue weighted by Crippen LogP contribution is 2.26. The fourth-order valence-corrected chi connectivity index (χ4v) is 3.64. The second-order valence-corrected chi connectivity index (χ2v) is 6.84. The average Bonchev–Trinajstić information content (AvgIpc) is 3.15. The molecular formula is C19H27N3O3. The van der Waals surface area contributed by atoms with Gasteiger partial charge in [-0.25, -0.2) is 0 Å². The highest BCUT2D eigenvalue weighted by Gasteiger charge is 2.29. The van der Waals surface area contributed by atoms with Gasteiger partial charge in [0.2, 0.25) is 11.8 Å². The van der Waals surface area contributed by atoms with Crippen LogP contribution in [0.4, 0.5) is 5.69 Å². The number of anilines is 1. The summed E-state index contributed by atoms with van der Waals surface area (Å²) in [7, 11) is 1.59. The number of carbonyl (C=O) groups is 2. The van der Waals surface area contributed by atoms with Gasteiger partial charge in [0, 0.05) is 31.5 Å². The van der Waals surface area contributed by atoms with E-state index in [1.807, 2.05) is 29.2 Å². The number of carbonyl (C=O) groups excluding carboxylic acids is 2. The molecule has 136 valence electrons. The average molecular weight is 345 g/mol. The van der Waals surface area contributed by atoms with Gasteiger partial charge in [0.1, 0.15) is 5.75 Å². The molecular weight excluding hydrogens is 318 g/mol. The van der Waals surface area contributed by atoms with Crippen molar-refractivity contribution < 1.29 is 14.3 Å². The lowest BCUT2D eigenvalue weighted by Crippen LogP contribution is -2.43. The van der Waals surface area contributed by atoms with Gasteiger partial charge < -0.3 is 20.3 Å². The van der Waals surface area contributed by atoms with Crippen LogP contribution in [-0.4, -0.2) is 49.5 Å². The van der Waals surface area contributed by atoms with Gasteiger partial charge in [-0.05, 0) is 44.4 Å². The Bertz CT molecular complexity index is 606. The van der Waals surface area contributed by atoms with Gasteiger partial charge in [-0.15, -0.1) is 0 Å². The van der Waals surface area contributed by atoms with Crippen molar-refractivity contribution in [2.75, 3.05) is 32.1 Å². The molecule has 6 nitrogen and oxygen atoms in total. The van der Waals surface area contributed by atoms with Crippen LogP contribution in [-0.2, 0) is 9.59 Å². The molecule has 2 saturated heterocycles. The van der Waals surface area contributed by atoms with Gasteiger partial charge in [0.05, 0.1) is 12.8 Å². The zero-order chi connectivity index (χ0) is 17.6. The van der Waals surface area contributed by atoms with Gasteiger partial charge in [-0.3, -0.25) is 9.59 Å². The Kier molecular flexibility index (Phi) is 5.91. The minimum atomic E-state index is -0.0569. The Morgan fingerprint density at radius 1 is 1.24 bits per heavy atom. The second kappa shape index (κ2) is 8.34. The number of methoxy groups -OCH3 is 1. The normalized spacial score (nSPS) is 21.2. The molecule has 3 rings (SSSR count). The zero-order valence-electron chi connectivity index (χ0n) is 14.8. The Hall–Kier alpha value is -2.08. The van der Waals surface area contributed by atoms with E-state index in [9.17, 15) is 9.59 Å². The molecule has 25 heavy (non-hydrogen) atoms. The maximum Gasteiger partial charge on any atom is 0.227 e. The van der Waals surface area contributed by atoms with E-state index in [2.05, 4.69) is 10.6 Å². The summed E-state index contributed by atoms with van der Waals surface area (Å²) >= 11 is 0. The summed E-state index contributed by atoms with van der Waals surface area (Å²) in [6.07, 6.45) is 4.25. The van der Waals surface area contributed by atoms with Gasteiger partial charge >= 0.3 is 0 Å². The van der Waals surface area contributed by atoms with Gasteiger partial charge in [0.25, 0.3) is 0 Å². The smallest absolute Gasteiger partial charge is 0.227 e. The molecule has 6 heteroatoms. The maximum atomic E-state index is 12.5. The van der Waals surface area contributed by atoms with Crippen LogP contribution in [0.25, 0.3) is 0 Å². The van der Waals surface area contributed by atoms with Crippen molar-refractivity contribution in [3.63, 3.8) is 0 Å². The van der Waals surface area contributed by atoms with E-state index in [4.69, 9.17) is 4.74 Å². The predicted molar refractivity (Wildman–Crippen MR) is 96.6 cm³/mol. The third-order valence-electron chi connectivity index (χ3n) is 5.17. The molecule has 1 unspecified atom stereocenters. The Morgan fingerprint density at radius 2 is 2.00 bits per heavy atom. The van der Waals surface area contributed by atoms with Crippen LogP contribution in [0, 0.1) is 5.92 Å². The third-order valence-corrected chi connectivity index (χ3v) is 5.17. The molecule has 0 saturated carbocycles. The van der Waals surface area contributed by atoms with E-state index >= 15 is 0 Å². The highest BCUT2D eigenvalue weighted by molar-refractivity contribution is 5.94. The minimum absolute atomic E-state index is 0.00839. The quantitative estimate of drug-likeness (QED) is 0.856. The van der Waals surface area contributed by atoms with Crippen LogP contribution in [0.1, 0.15) is 32.1 Å². The first-order valence-electron chi connectivity index (χ1n) is 9.12. The second-order valence-electron chi connectivity index (χ2n) is 6.84. The largest absolute Gasteiger partial charge is 0.495 e. The summed E-state index contributed by atoms with van der Waals surface area (Å²) < 4.78 is 5.27. The number of ether oxygens (including phenoxy) is 1. The molecule has 0 aromatic heterocycles. The number of nitrogens with one attached hydrogen (secondary N) is 2. The van der Waals surface area contributed by atoms with Crippen LogP contribution in [0.5, 0.6) is 5.75 Å². The third kappa shape index (κ3) is 4.51. The summed E-state index contributed by atoms with van der Waals surface area (Å²) in [6, 6.07) is 7.74. The first kappa shape index (κ1) is 17.7. The molecule has 0 bridgehead atoms. The Morgan fingerprint density at radius 3 is 2.68 bits per heavy atom. The van der Waals surface area contributed by atoms with Crippen LogP contribution < -0.4 is 15.4 Å². The summed E-state index contributed by atoms with van der Waals surface area (Å²) in [5, 5.41) is 6.32. The fraction of sp³-hybridized carbons (Fsp3) is 0.579. The van der Waals surface area contributed by atoms with Crippen LogP contribution in [0.3, 0.4) is 0 Å². The molecule has 2 fully saturated rings. The number of benzene rings is 1. The zero-order valence-corrected chi connectivity index (χ0v) is 14.8. The molecule has 2 aliphatic rings. The lowest BCUT2D eigenvalue weighted by molar-refractivity contribution is -0.134. The molecule has 2 aliphatic heterocycles. The van der Waals surface area contributed by atoms with Crippen molar-refractivity contribution >= 4 is 17.5 Å². The minimum Gasteiger partial charge on any atom is -0.495 e. The van der Waals surface area contributed by atoms with Crippen molar-refractivity contribution in [1.29, 1.82) is 0 Å². The van der Waals surface area contributed by atoms with Crippen LogP contribution in [0.2, 0.25) is 0 Å². The number of para-hydroxylation sites is 2. The number of likely N-dealkylation sites (tertiary alicyclic amines) is 1. The van der Waals surface area contributed by atoms with Crippen molar-refractivity contribution in [3.05, 3.63) is 24.3 Å². The topological polar surface area (TPSA) is 70.7 Å². The van der Waals surface area contributed by atoms with Crippen molar-refractivity contribution in [1.82, 2.24) is 10.2 Å². The number of hydrogen-bond acceptors (Lipinski definition) is 4. The van der Waals surface area contributed by atoms with Crippen LogP contribution in [0.15, 0.2) is 24.3 Å². The lowest BCUT2D eigenvalue weighted by Gasteiger charge is -2.32. The summed E-state index contributed by atoms with van der Waals surface area (Å²) in [5.74, 6) is 0.822. The van der Waals surface area contributed by atoms with Gasteiger partial charge in [-0.2, -0.15) is 0 Å². The number of piperidine rings is 1. The highest BCUT2D eigenvalue weighted by atomic mass is 16.5. The SMILES string of the molecule is COc1ccccc1NC(=O)C1CCN(C(=O)CC2CCCN2)CC1. The van der Waals surface area contributed by atoms with Crippen molar-refractivity contribution in [3.8, 4) is 5.75 Å². The summed E-state index contributed by atoms with van der Waals surface area (Å²) in [6.45, 7) is 2.34. The van der Waals surface area contributed by atoms with E-state index in [0.29, 0.717) is 49.8 Å². The fourth-order valence-electron chi connectivity index (χ4n) is 3.64. The van der Waals surface area contributed by atoms with Crippen molar-refractivity contribution in [2.45, 2.75) is 38.1 Å². The number of hydrogen-bond donors (Lipinski definition) is 2. The van der Waals surface area contributed by atoms with Crippen LogP contribution >= 0.6 is 0 Å². The molecule has 0 spiro atoms. The molecule has 2 amide bonds. The van der Waals surface area contributed by atoms with E-state index in [-0.39, 0.29) is 17.7 Å². The Balaban J connectivity index is 1.48. The van der Waals surface area contributed by atoms with Gasteiger partial charge in [-0.1, -0.05) is 12.1 Å². The Labute approximate surface area is 148 Å². The molecule has 0 radical (unpaired) electrons. The summed E-state index contributed by atoms with van der Waals surface area (Å²) in [4.78, 5) is 26.8. The molecule has 2 N–H and O–H groups in total. The first-order chi connectivity index (χ1) is 12.2. The lowest BCUT2D eigenvalue weighted by atomic mass is 9.95. The molecule has 0 aliphatic carbocycles. The summed E-state index contributed by atoms with van der Waals surface area (Å²) in [5.41, 5.74) is 0.695. The number of rotatable bonds is 5. The van der Waals surface area contributed by atoms with E-state index in [1.54, 1.807) is 7.11 Å². The maximum absolute atomic E-state index is 12.5. The monoisotopic (exact) mass is 345 g/mol. The van der Waals surface area contributed by atoms with E-state index < -0.39 is 0 Å². The molecule has 1 aromatic rings. The number of nitrogens with zero attached hydrogens (tertiary/aromatic N) is 1. The van der Waals surface area contributed by atoms with Crippen molar-refractivity contribution in [2.24, 2.45) is 5.92 Å². The standard InChI is InChI=1S/C19H27N3O3/c1-25-17-7-3-2-6-16(17)21-19(24)14-8-11-22(12-9-14)18(23)13-15-5-4-10-20-15/h2-3,6-7,14-15,20H,4-5,8-13H2,1H3,(H,21,24). The molecule has 2 heterocycles. The van der Waals surface area contributed by atoms with E-state index in [1.165, 1.54) is 0 Å². The van der Waals surface area contributed by atoms with E-state index in [0.717, 1.165) is 19.4 Å². The van der Waals surface area contributed by atoms with Gasteiger partial charge in [0.15, 0.2) is 0 Å².